The van der Waals surface area contributed by atoms with Crippen molar-refractivity contribution >= 4 is 55.2 Å². The lowest BCUT2D eigenvalue weighted by molar-refractivity contribution is 0.660. The van der Waals surface area contributed by atoms with E-state index in [0.29, 0.717) is 0 Å². The third kappa shape index (κ3) is 3.90. The molecule has 2 aliphatic rings. The highest BCUT2D eigenvalue weighted by molar-refractivity contribution is 6.25. The smallest absolute Gasteiger partial charge is 0.0782 e. The van der Waals surface area contributed by atoms with Gasteiger partial charge in [-0.3, -0.25) is 0 Å². The van der Waals surface area contributed by atoms with E-state index in [-0.39, 0.29) is 5.41 Å². The number of fused-ring (bicyclic) bond motifs is 12. The van der Waals surface area contributed by atoms with Crippen LogP contribution in [0.5, 0.6) is 0 Å². The van der Waals surface area contributed by atoms with Crippen molar-refractivity contribution in [1.29, 1.82) is 0 Å². The summed E-state index contributed by atoms with van der Waals surface area (Å²) in [6.45, 7) is 4.72. The van der Waals surface area contributed by atoms with E-state index in [2.05, 4.69) is 193 Å². The summed E-state index contributed by atoms with van der Waals surface area (Å²) in [6.07, 6.45) is 0.971. The molecule has 0 saturated carbocycles. The van der Waals surface area contributed by atoms with Gasteiger partial charge in [0.1, 0.15) is 0 Å². The lowest BCUT2D eigenvalue weighted by Gasteiger charge is -2.28. The first-order chi connectivity index (χ1) is 26.6. The van der Waals surface area contributed by atoms with Crippen LogP contribution in [0.4, 0.5) is 17.1 Å². The van der Waals surface area contributed by atoms with Crippen molar-refractivity contribution in [2.75, 3.05) is 4.90 Å². The maximum absolute atomic E-state index is 2.52. The molecule has 2 heterocycles. The minimum atomic E-state index is -0.0577. The summed E-state index contributed by atoms with van der Waals surface area (Å²) in [5.41, 5.74) is 20.7. The first-order valence-corrected chi connectivity index (χ1v) is 19.1. The van der Waals surface area contributed by atoms with E-state index < -0.39 is 0 Å². The standard InChI is InChI=1S/C52H36N2/c1-52(2)46-21-7-5-14-39(46)45-31-35(28-29-47(45)52)53(34-26-24-32(25-27-34)36-16-9-17-38-37-13-4-3-12-33(37)30-44(36)38)49-23-11-20-43-42-19-10-18-41-40-15-6-8-22-48(40)54(50(41)42)51(43)49/h3-29,31H,30H2,1-2H3. The normalized spacial score (nSPS) is 13.8. The summed E-state index contributed by atoms with van der Waals surface area (Å²) in [5, 5.41) is 5.15. The lowest BCUT2D eigenvalue weighted by Crippen LogP contribution is -2.15. The topological polar surface area (TPSA) is 7.65 Å². The van der Waals surface area contributed by atoms with Crippen molar-refractivity contribution in [3.8, 4) is 33.4 Å². The van der Waals surface area contributed by atoms with Gasteiger partial charge in [0.2, 0.25) is 0 Å². The van der Waals surface area contributed by atoms with Gasteiger partial charge in [-0.15, -0.1) is 0 Å². The van der Waals surface area contributed by atoms with Gasteiger partial charge >= 0.3 is 0 Å². The van der Waals surface area contributed by atoms with Crippen LogP contribution in [0.1, 0.15) is 36.1 Å². The number of hydrogen-bond donors (Lipinski definition) is 0. The number of para-hydroxylation sites is 3. The molecule has 0 fully saturated rings. The van der Waals surface area contributed by atoms with E-state index >= 15 is 0 Å². The first kappa shape index (κ1) is 29.9. The molecule has 2 aliphatic carbocycles. The fraction of sp³-hybridized carbons (Fsp3) is 0.0769. The monoisotopic (exact) mass is 688 g/mol. The second-order valence-electron chi connectivity index (χ2n) is 15.7. The van der Waals surface area contributed by atoms with Crippen LogP contribution < -0.4 is 4.90 Å². The molecule has 2 aromatic heterocycles. The number of rotatable bonds is 4. The van der Waals surface area contributed by atoms with Gasteiger partial charge in [0, 0.05) is 38.3 Å². The molecular weight excluding hydrogens is 653 g/mol. The van der Waals surface area contributed by atoms with E-state index in [1.54, 1.807) is 0 Å². The molecular formula is C52H36N2. The largest absolute Gasteiger partial charge is 0.308 e. The summed E-state index contributed by atoms with van der Waals surface area (Å²) in [4.78, 5) is 2.49. The molecule has 0 radical (unpaired) electrons. The Morgan fingerprint density at radius 3 is 1.94 bits per heavy atom. The number of anilines is 3. The number of nitrogens with zero attached hydrogens (tertiary/aromatic N) is 2. The van der Waals surface area contributed by atoms with Crippen molar-refractivity contribution in [1.82, 2.24) is 4.40 Å². The first-order valence-electron chi connectivity index (χ1n) is 19.1. The Bertz CT molecular complexity index is 3160. The highest BCUT2D eigenvalue weighted by Gasteiger charge is 2.36. The van der Waals surface area contributed by atoms with Crippen LogP contribution in [0.2, 0.25) is 0 Å². The van der Waals surface area contributed by atoms with E-state index in [1.807, 2.05) is 0 Å². The Kier molecular flexibility index (Phi) is 5.93. The van der Waals surface area contributed by atoms with Gasteiger partial charge in [0.25, 0.3) is 0 Å². The van der Waals surface area contributed by atoms with E-state index in [4.69, 9.17) is 0 Å². The van der Waals surface area contributed by atoms with E-state index in [0.717, 1.165) is 17.8 Å². The van der Waals surface area contributed by atoms with Gasteiger partial charge in [-0.1, -0.05) is 147 Å². The molecule has 2 nitrogen and oxygen atoms in total. The van der Waals surface area contributed by atoms with Gasteiger partial charge in [0.05, 0.1) is 22.2 Å². The van der Waals surface area contributed by atoms with E-state index in [1.165, 1.54) is 99.4 Å². The average molecular weight is 689 g/mol. The van der Waals surface area contributed by atoms with Gasteiger partial charge in [-0.25, -0.2) is 0 Å². The summed E-state index contributed by atoms with van der Waals surface area (Å²) in [5.74, 6) is 0. The minimum absolute atomic E-state index is 0.0577. The Labute approximate surface area is 314 Å². The van der Waals surface area contributed by atoms with Crippen molar-refractivity contribution < 1.29 is 0 Å². The summed E-state index contributed by atoms with van der Waals surface area (Å²) < 4.78 is 2.52. The molecule has 0 unspecified atom stereocenters. The summed E-state index contributed by atoms with van der Waals surface area (Å²) >= 11 is 0. The predicted molar refractivity (Wildman–Crippen MR) is 227 cm³/mol. The van der Waals surface area contributed by atoms with E-state index in [9.17, 15) is 0 Å². The maximum atomic E-state index is 2.52. The fourth-order valence-corrected chi connectivity index (χ4v) is 10.1. The molecule has 0 saturated heterocycles. The van der Waals surface area contributed by atoms with Crippen molar-refractivity contribution in [3.63, 3.8) is 0 Å². The zero-order chi connectivity index (χ0) is 35.7. The van der Waals surface area contributed by atoms with Gasteiger partial charge < -0.3 is 9.30 Å². The molecule has 10 aromatic rings. The zero-order valence-electron chi connectivity index (χ0n) is 30.3. The van der Waals surface area contributed by atoms with Gasteiger partial charge in [-0.2, -0.15) is 0 Å². The third-order valence-corrected chi connectivity index (χ3v) is 12.6. The highest BCUT2D eigenvalue weighted by Crippen LogP contribution is 2.52. The molecule has 54 heavy (non-hydrogen) atoms. The number of aromatic nitrogens is 1. The van der Waals surface area contributed by atoms with Crippen LogP contribution in [0, 0.1) is 0 Å². The minimum Gasteiger partial charge on any atom is -0.308 e. The summed E-state index contributed by atoms with van der Waals surface area (Å²) in [6, 6.07) is 63.5. The Balaban J connectivity index is 1.10. The van der Waals surface area contributed by atoms with Crippen LogP contribution in [-0.4, -0.2) is 4.40 Å². The zero-order valence-corrected chi connectivity index (χ0v) is 30.3. The molecule has 0 amide bonds. The van der Waals surface area contributed by atoms with Crippen LogP contribution in [-0.2, 0) is 11.8 Å². The molecule has 12 rings (SSSR count). The molecule has 0 N–H and O–H groups in total. The molecule has 0 aliphatic heterocycles. The third-order valence-electron chi connectivity index (χ3n) is 12.6. The Morgan fingerprint density at radius 2 is 1.07 bits per heavy atom. The van der Waals surface area contributed by atoms with Gasteiger partial charge in [-0.05, 0) is 98.5 Å². The quantitative estimate of drug-likeness (QED) is 0.179. The van der Waals surface area contributed by atoms with Crippen LogP contribution in [0.25, 0.3) is 71.5 Å². The predicted octanol–water partition coefficient (Wildman–Crippen LogP) is 13.9. The maximum Gasteiger partial charge on any atom is 0.0782 e. The van der Waals surface area contributed by atoms with Crippen LogP contribution in [0.15, 0.2) is 170 Å². The molecule has 8 aromatic carbocycles. The molecule has 0 bridgehead atoms. The fourth-order valence-electron chi connectivity index (χ4n) is 10.1. The second-order valence-corrected chi connectivity index (χ2v) is 15.7. The number of benzene rings is 8. The van der Waals surface area contributed by atoms with Gasteiger partial charge in [0.15, 0.2) is 0 Å². The number of hydrogen-bond acceptors (Lipinski definition) is 1. The lowest BCUT2D eigenvalue weighted by atomic mass is 9.82. The average Bonchev–Trinajstić information content (AvgIpc) is 3.94. The molecule has 0 atom stereocenters. The van der Waals surface area contributed by atoms with Crippen molar-refractivity contribution in [3.05, 3.63) is 192 Å². The second kappa shape index (κ2) is 10.7. The Hall–Kier alpha value is -6.64. The molecule has 0 spiro atoms. The van der Waals surface area contributed by atoms with Crippen LogP contribution >= 0.6 is 0 Å². The molecule has 254 valence electrons. The SMILES string of the molecule is CC1(C)c2ccccc2-c2cc(N(c3ccc(-c4cccc5c4Cc4ccccc4-5)cc3)c3cccc4c5cccc6c7ccccc7n(c34)c65)ccc21. The van der Waals surface area contributed by atoms with Crippen LogP contribution in [0.3, 0.4) is 0 Å². The molecule has 2 heteroatoms. The van der Waals surface area contributed by atoms with Crippen molar-refractivity contribution in [2.24, 2.45) is 0 Å². The summed E-state index contributed by atoms with van der Waals surface area (Å²) in [7, 11) is 0. The highest BCUT2D eigenvalue weighted by atomic mass is 15.2. The van der Waals surface area contributed by atoms with Crippen molar-refractivity contribution in [2.45, 2.75) is 25.7 Å². The Morgan fingerprint density at radius 1 is 0.463 bits per heavy atom.